The van der Waals surface area contributed by atoms with Crippen LogP contribution in [-0.4, -0.2) is 47.5 Å². The number of hydrogen-bond acceptors (Lipinski definition) is 4. The molecule has 1 aromatic heterocycles. The van der Waals surface area contributed by atoms with Crippen LogP contribution in [0.1, 0.15) is 4.88 Å². The molecule has 1 saturated heterocycles. The first kappa shape index (κ1) is 12.0. The van der Waals surface area contributed by atoms with E-state index in [9.17, 15) is 0 Å². The molecule has 0 radical (unpaired) electrons. The topological polar surface area (TPSA) is 32.5 Å². The average Bonchev–Trinajstić information content (AvgIpc) is 2.73. The van der Waals surface area contributed by atoms with E-state index in [-0.39, 0.29) is 0 Å². The highest BCUT2D eigenvalue weighted by atomic mass is 32.1. The molecule has 0 bridgehead atoms. The summed E-state index contributed by atoms with van der Waals surface area (Å²) in [6.07, 6.45) is 0. The lowest BCUT2D eigenvalue weighted by Crippen LogP contribution is -2.48. The Kier molecular flexibility index (Phi) is 4.29. The summed E-state index contributed by atoms with van der Waals surface area (Å²) >= 11 is 6.76. The second-order valence-electron chi connectivity index (χ2n) is 4.10. The quantitative estimate of drug-likeness (QED) is 0.818. The molecular weight excluding hydrogens is 238 g/mol. The van der Waals surface area contributed by atoms with Crippen LogP contribution < -0.4 is 5.73 Å². The standard InChI is InChI=1S/C11H17N3S2/c12-11(15)9-14-5-3-13(4-6-14)8-10-2-1-7-16-10/h1-2,7H,3-6,8-9H2,(H2,12,15). The van der Waals surface area contributed by atoms with E-state index in [0.717, 1.165) is 39.3 Å². The summed E-state index contributed by atoms with van der Waals surface area (Å²) in [6, 6.07) is 4.31. The molecule has 0 saturated carbocycles. The lowest BCUT2D eigenvalue weighted by Gasteiger charge is -2.34. The zero-order valence-corrected chi connectivity index (χ0v) is 10.9. The minimum Gasteiger partial charge on any atom is -0.392 e. The largest absolute Gasteiger partial charge is 0.392 e. The Balaban J connectivity index is 1.75. The smallest absolute Gasteiger partial charge is 0.0870 e. The number of piperazine rings is 1. The Morgan fingerprint density at radius 1 is 1.31 bits per heavy atom. The molecule has 1 aromatic rings. The van der Waals surface area contributed by atoms with Crippen LogP contribution in [0.25, 0.3) is 0 Å². The van der Waals surface area contributed by atoms with E-state index in [4.69, 9.17) is 18.0 Å². The van der Waals surface area contributed by atoms with Crippen LogP contribution in [0.5, 0.6) is 0 Å². The maximum Gasteiger partial charge on any atom is 0.0870 e. The molecule has 88 valence electrons. The van der Waals surface area contributed by atoms with Crippen LogP contribution in [0.3, 0.4) is 0 Å². The minimum absolute atomic E-state index is 0.603. The van der Waals surface area contributed by atoms with Crippen molar-refractivity contribution < 1.29 is 0 Å². The zero-order chi connectivity index (χ0) is 11.4. The molecule has 1 aliphatic rings. The second-order valence-corrected chi connectivity index (χ2v) is 5.65. The fraction of sp³-hybridized carbons (Fsp3) is 0.545. The highest BCUT2D eigenvalue weighted by molar-refractivity contribution is 7.80. The first-order valence-electron chi connectivity index (χ1n) is 5.49. The fourth-order valence-corrected chi connectivity index (χ4v) is 2.88. The number of rotatable bonds is 4. The monoisotopic (exact) mass is 255 g/mol. The van der Waals surface area contributed by atoms with Crippen LogP contribution in [0.15, 0.2) is 17.5 Å². The number of thiocarbonyl (C=S) groups is 1. The molecule has 2 N–H and O–H groups in total. The van der Waals surface area contributed by atoms with Crippen LogP contribution >= 0.6 is 23.6 Å². The molecule has 1 fully saturated rings. The first-order chi connectivity index (χ1) is 7.74. The predicted molar refractivity (Wildman–Crippen MR) is 72.8 cm³/mol. The molecule has 16 heavy (non-hydrogen) atoms. The molecule has 2 heterocycles. The summed E-state index contributed by atoms with van der Waals surface area (Å²) in [5, 5.41) is 2.14. The molecule has 3 nitrogen and oxygen atoms in total. The van der Waals surface area contributed by atoms with Gasteiger partial charge in [0.1, 0.15) is 0 Å². The van der Waals surface area contributed by atoms with Gasteiger partial charge in [-0.1, -0.05) is 18.3 Å². The summed E-state index contributed by atoms with van der Waals surface area (Å²) in [4.78, 5) is 6.87. The van der Waals surface area contributed by atoms with Gasteiger partial charge in [-0.3, -0.25) is 9.80 Å². The lowest BCUT2D eigenvalue weighted by atomic mass is 10.3. The van der Waals surface area contributed by atoms with E-state index >= 15 is 0 Å². The highest BCUT2D eigenvalue weighted by Crippen LogP contribution is 2.13. The Bertz CT molecular complexity index is 329. The van der Waals surface area contributed by atoms with E-state index in [2.05, 4.69) is 27.3 Å². The van der Waals surface area contributed by atoms with Gasteiger partial charge in [-0.2, -0.15) is 0 Å². The summed E-state index contributed by atoms with van der Waals surface area (Å²) in [6.45, 7) is 6.22. The minimum atomic E-state index is 0.603. The summed E-state index contributed by atoms with van der Waals surface area (Å²) in [7, 11) is 0. The van der Waals surface area contributed by atoms with Gasteiger partial charge in [0.25, 0.3) is 0 Å². The van der Waals surface area contributed by atoms with Crippen LogP contribution in [0.2, 0.25) is 0 Å². The zero-order valence-electron chi connectivity index (χ0n) is 9.26. The van der Waals surface area contributed by atoms with Crippen molar-refractivity contribution in [1.29, 1.82) is 0 Å². The predicted octanol–water partition coefficient (Wildman–Crippen LogP) is 1.15. The van der Waals surface area contributed by atoms with Crippen molar-refractivity contribution in [1.82, 2.24) is 9.80 Å². The van der Waals surface area contributed by atoms with Gasteiger partial charge in [0.15, 0.2) is 0 Å². The maximum atomic E-state index is 5.55. The molecule has 0 aromatic carbocycles. The average molecular weight is 255 g/mol. The van der Waals surface area contributed by atoms with Crippen molar-refractivity contribution in [2.45, 2.75) is 6.54 Å². The number of thiophene rings is 1. The maximum absolute atomic E-state index is 5.55. The molecule has 0 unspecified atom stereocenters. The molecule has 0 spiro atoms. The van der Waals surface area contributed by atoms with E-state index in [1.807, 2.05) is 11.3 Å². The molecule has 1 aliphatic heterocycles. The Hall–Kier alpha value is -0.490. The van der Waals surface area contributed by atoms with E-state index in [0.29, 0.717) is 4.99 Å². The first-order valence-corrected chi connectivity index (χ1v) is 6.78. The summed E-state index contributed by atoms with van der Waals surface area (Å²) in [5.74, 6) is 0. The van der Waals surface area contributed by atoms with Crippen LogP contribution in [0.4, 0.5) is 0 Å². The van der Waals surface area contributed by atoms with Crippen LogP contribution in [-0.2, 0) is 6.54 Å². The molecule has 0 amide bonds. The molecule has 0 atom stereocenters. The van der Waals surface area contributed by atoms with Crippen molar-refractivity contribution in [3.63, 3.8) is 0 Å². The lowest BCUT2D eigenvalue weighted by molar-refractivity contribution is 0.141. The van der Waals surface area contributed by atoms with Gasteiger partial charge in [0.05, 0.1) is 4.99 Å². The van der Waals surface area contributed by atoms with Gasteiger partial charge in [0, 0.05) is 44.1 Å². The van der Waals surface area contributed by atoms with Gasteiger partial charge in [0.2, 0.25) is 0 Å². The van der Waals surface area contributed by atoms with Crippen molar-refractivity contribution in [3.8, 4) is 0 Å². The van der Waals surface area contributed by atoms with E-state index < -0.39 is 0 Å². The van der Waals surface area contributed by atoms with Crippen molar-refractivity contribution in [3.05, 3.63) is 22.4 Å². The molecular formula is C11H17N3S2. The van der Waals surface area contributed by atoms with Crippen molar-refractivity contribution in [2.24, 2.45) is 5.73 Å². The number of nitrogens with two attached hydrogens (primary N) is 1. The Morgan fingerprint density at radius 2 is 2.00 bits per heavy atom. The van der Waals surface area contributed by atoms with Crippen molar-refractivity contribution in [2.75, 3.05) is 32.7 Å². The van der Waals surface area contributed by atoms with Gasteiger partial charge in [-0.15, -0.1) is 11.3 Å². The molecule has 5 heteroatoms. The third-order valence-corrected chi connectivity index (χ3v) is 3.79. The highest BCUT2D eigenvalue weighted by Gasteiger charge is 2.17. The fourth-order valence-electron chi connectivity index (χ4n) is 1.95. The van der Waals surface area contributed by atoms with Gasteiger partial charge in [-0.05, 0) is 11.4 Å². The normalized spacial score (nSPS) is 18.8. The SMILES string of the molecule is NC(=S)CN1CCN(Cc2cccs2)CC1. The van der Waals surface area contributed by atoms with Crippen molar-refractivity contribution >= 4 is 28.5 Å². The third-order valence-electron chi connectivity index (χ3n) is 2.80. The summed E-state index contributed by atoms with van der Waals surface area (Å²) in [5.41, 5.74) is 5.55. The Labute approximate surface area is 106 Å². The second kappa shape index (κ2) is 5.72. The van der Waals surface area contributed by atoms with Gasteiger partial charge in [-0.25, -0.2) is 0 Å². The molecule has 2 rings (SSSR count). The van der Waals surface area contributed by atoms with E-state index in [1.165, 1.54) is 4.88 Å². The van der Waals surface area contributed by atoms with Gasteiger partial charge < -0.3 is 5.73 Å². The third kappa shape index (κ3) is 3.52. The van der Waals surface area contributed by atoms with Gasteiger partial charge >= 0.3 is 0 Å². The molecule has 0 aliphatic carbocycles. The number of nitrogens with zero attached hydrogens (tertiary/aromatic N) is 2. The Morgan fingerprint density at radius 3 is 2.56 bits per heavy atom. The van der Waals surface area contributed by atoms with Crippen LogP contribution in [0, 0.1) is 0 Å². The number of hydrogen-bond donors (Lipinski definition) is 1. The summed E-state index contributed by atoms with van der Waals surface area (Å²) < 4.78 is 0. The van der Waals surface area contributed by atoms with E-state index in [1.54, 1.807) is 0 Å².